The van der Waals surface area contributed by atoms with Crippen molar-refractivity contribution in [2.75, 3.05) is 0 Å². The molecule has 0 aromatic heterocycles. The van der Waals surface area contributed by atoms with Gasteiger partial charge in [0, 0.05) is 0 Å². The molecule has 0 saturated carbocycles. The third-order valence-corrected chi connectivity index (χ3v) is 4.50. The fourth-order valence-electron chi connectivity index (χ4n) is 2.05. The summed E-state index contributed by atoms with van der Waals surface area (Å²) >= 11 is 0. The summed E-state index contributed by atoms with van der Waals surface area (Å²) in [5, 5.41) is 0. The molecule has 0 N–H and O–H groups in total. The smallest absolute Gasteiger partial charge is 0.339 e. The first-order valence-corrected chi connectivity index (χ1v) is 9.31. The zero-order valence-corrected chi connectivity index (χ0v) is 15.4. The molecule has 0 radical (unpaired) electrons. The molecule has 0 spiro atoms. The Morgan fingerprint density at radius 2 is 1.56 bits per heavy atom. The van der Waals surface area contributed by atoms with Gasteiger partial charge in [-0.05, 0) is 35.2 Å². The molecular formula is C19H22O5S. The van der Waals surface area contributed by atoms with E-state index in [1.807, 2.05) is 20.8 Å². The lowest BCUT2D eigenvalue weighted by Gasteiger charge is -2.16. The Balaban J connectivity index is 1.95. The van der Waals surface area contributed by atoms with E-state index in [1.165, 1.54) is 24.3 Å². The summed E-state index contributed by atoms with van der Waals surface area (Å²) in [4.78, 5) is 11.8. The van der Waals surface area contributed by atoms with E-state index in [1.54, 1.807) is 30.3 Å². The van der Waals surface area contributed by atoms with Crippen LogP contribution in [0.15, 0.2) is 59.5 Å². The van der Waals surface area contributed by atoms with E-state index in [2.05, 4.69) is 0 Å². The summed E-state index contributed by atoms with van der Waals surface area (Å²) in [5.74, 6) is -0.0619. The minimum atomic E-state index is -3.86. The van der Waals surface area contributed by atoms with E-state index in [9.17, 15) is 13.2 Å². The van der Waals surface area contributed by atoms with Crippen molar-refractivity contribution in [3.05, 3.63) is 60.2 Å². The van der Waals surface area contributed by atoms with E-state index in [0.29, 0.717) is 6.42 Å². The molecule has 25 heavy (non-hydrogen) atoms. The molecule has 0 fully saturated rings. The van der Waals surface area contributed by atoms with Gasteiger partial charge in [0.05, 0.1) is 6.42 Å². The molecule has 2 aromatic rings. The highest BCUT2D eigenvalue weighted by molar-refractivity contribution is 7.87. The van der Waals surface area contributed by atoms with Gasteiger partial charge in [-0.2, -0.15) is 8.42 Å². The number of carbonyl (C=O) groups is 1. The van der Waals surface area contributed by atoms with Crippen molar-refractivity contribution in [1.29, 1.82) is 0 Å². The Morgan fingerprint density at radius 3 is 2.12 bits per heavy atom. The number of esters is 1. The van der Waals surface area contributed by atoms with Crippen LogP contribution in [0.4, 0.5) is 0 Å². The molecule has 0 atom stereocenters. The number of benzene rings is 2. The first-order valence-electron chi connectivity index (χ1n) is 7.90. The van der Waals surface area contributed by atoms with Crippen LogP contribution in [0.1, 0.15) is 32.8 Å². The average molecular weight is 362 g/mol. The molecule has 0 amide bonds. The van der Waals surface area contributed by atoms with Crippen LogP contribution in [0.3, 0.4) is 0 Å². The minimum absolute atomic E-state index is 0.0928. The van der Waals surface area contributed by atoms with Gasteiger partial charge in [-0.25, -0.2) is 0 Å². The zero-order chi connectivity index (χ0) is 18.5. The first kappa shape index (κ1) is 19.0. The van der Waals surface area contributed by atoms with Crippen molar-refractivity contribution in [2.24, 2.45) is 5.41 Å². The SMILES string of the molecule is CC(C)(C)CC(=O)OCc1ccc(OS(=O)(=O)c2ccccc2)cc1. The molecule has 0 saturated heterocycles. The number of carbonyl (C=O) groups excluding carboxylic acids is 1. The van der Waals surface area contributed by atoms with Gasteiger partial charge in [0.15, 0.2) is 0 Å². The monoisotopic (exact) mass is 362 g/mol. The van der Waals surface area contributed by atoms with E-state index in [0.717, 1.165) is 5.56 Å². The largest absolute Gasteiger partial charge is 0.461 e. The van der Waals surface area contributed by atoms with Gasteiger partial charge in [0.2, 0.25) is 0 Å². The maximum absolute atomic E-state index is 12.1. The molecule has 0 heterocycles. The predicted molar refractivity (Wildman–Crippen MR) is 94.6 cm³/mol. The molecular weight excluding hydrogens is 340 g/mol. The minimum Gasteiger partial charge on any atom is -0.461 e. The van der Waals surface area contributed by atoms with Crippen LogP contribution < -0.4 is 4.18 Å². The molecule has 2 rings (SSSR count). The topological polar surface area (TPSA) is 69.7 Å². The summed E-state index contributed by atoms with van der Waals surface area (Å²) in [6, 6.07) is 14.3. The second kappa shape index (κ2) is 7.70. The lowest BCUT2D eigenvalue weighted by Crippen LogP contribution is -2.15. The zero-order valence-electron chi connectivity index (χ0n) is 14.6. The maximum Gasteiger partial charge on any atom is 0.339 e. The molecule has 0 aliphatic carbocycles. The Hall–Kier alpha value is -2.34. The Morgan fingerprint density at radius 1 is 0.960 bits per heavy atom. The van der Waals surface area contributed by atoms with Crippen molar-refractivity contribution >= 4 is 16.1 Å². The van der Waals surface area contributed by atoms with E-state index < -0.39 is 10.1 Å². The molecule has 0 bridgehead atoms. The van der Waals surface area contributed by atoms with Crippen molar-refractivity contribution in [2.45, 2.75) is 38.7 Å². The summed E-state index contributed by atoms with van der Waals surface area (Å²) in [7, 11) is -3.86. The molecule has 6 heteroatoms. The van der Waals surface area contributed by atoms with Crippen LogP contribution in [0, 0.1) is 5.41 Å². The molecule has 0 aliphatic heterocycles. The average Bonchev–Trinajstić information content (AvgIpc) is 2.53. The highest BCUT2D eigenvalue weighted by Gasteiger charge is 2.18. The molecule has 0 unspecified atom stereocenters. The molecule has 0 aliphatic rings. The van der Waals surface area contributed by atoms with E-state index >= 15 is 0 Å². The number of hydrogen-bond donors (Lipinski definition) is 0. The van der Waals surface area contributed by atoms with E-state index in [-0.39, 0.29) is 28.6 Å². The third-order valence-electron chi connectivity index (χ3n) is 3.24. The van der Waals surface area contributed by atoms with Crippen molar-refractivity contribution in [3.63, 3.8) is 0 Å². The highest BCUT2D eigenvalue weighted by atomic mass is 32.2. The summed E-state index contributed by atoms with van der Waals surface area (Å²) in [5.41, 5.74) is 0.632. The normalized spacial score (nSPS) is 11.8. The van der Waals surface area contributed by atoms with Crippen molar-refractivity contribution in [1.82, 2.24) is 0 Å². The predicted octanol–water partition coefficient (Wildman–Crippen LogP) is 3.93. The fourth-order valence-corrected chi connectivity index (χ4v) is 3.00. The number of ether oxygens (including phenoxy) is 1. The van der Waals surface area contributed by atoms with Crippen LogP contribution in [-0.2, 0) is 26.3 Å². The lowest BCUT2D eigenvalue weighted by atomic mass is 9.92. The lowest BCUT2D eigenvalue weighted by molar-refractivity contribution is -0.147. The second-order valence-corrected chi connectivity index (χ2v) is 8.44. The number of rotatable bonds is 6. The van der Waals surface area contributed by atoms with Gasteiger partial charge in [-0.1, -0.05) is 51.1 Å². The van der Waals surface area contributed by atoms with Crippen molar-refractivity contribution < 1.29 is 22.1 Å². The summed E-state index contributed by atoms with van der Waals surface area (Å²) in [6.45, 7) is 6.04. The van der Waals surface area contributed by atoms with Crippen LogP contribution >= 0.6 is 0 Å². The van der Waals surface area contributed by atoms with Gasteiger partial charge in [-0.3, -0.25) is 4.79 Å². The van der Waals surface area contributed by atoms with Crippen LogP contribution in [0.2, 0.25) is 0 Å². The molecule has 2 aromatic carbocycles. The van der Waals surface area contributed by atoms with Crippen LogP contribution in [-0.4, -0.2) is 14.4 Å². The van der Waals surface area contributed by atoms with Gasteiger partial charge >= 0.3 is 16.1 Å². The molecule has 134 valence electrons. The standard InChI is InChI=1S/C19H22O5S/c1-19(2,3)13-18(20)23-14-15-9-11-16(12-10-15)24-25(21,22)17-7-5-4-6-8-17/h4-12H,13-14H2,1-3H3. The highest BCUT2D eigenvalue weighted by Crippen LogP contribution is 2.21. The van der Waals surface area contributed by atoms with Crippen LogP contribution in [0.25, 0.3) is 0 Å². The van der Waals surface area contributed by atoms with Crippen molar-refractivity contribution in [3.8, 4) is 5.75 Å². The fraction of sp³-hybridized carbons (Fsp3) is 0.316. The summed E-state index contributed by atoms with van der Waals surface area (Å²) < 4.78 is 34.6. The van der Waals surface area contributed by atoms with Gasteiger partial charge in [0.1, 0.15) is 17.3 Å². The van der Waals surface area contributed by atoms with Crippen LogP contribution in [0.5, 0.6) is 5.75 Å². The number of hydrogen-bond acceptors (Lipinski definition) is 5. The quantitative estimate of drug-likeness (QED) is 0.575. The second-order valence-electron chi connectivity index (χ2n) is 6.89. The third kappa shape index (κ3) is 6.23. The van der Waals surface area contributed by atoms with Gasteiger partial charge < -0.3 is 8.92 Å². The van der Waals surface area contributed by atoms with Gasteiger partial charge in [0.25, 0.3) is 0 Å². The Labute approximate surface area is 148 Å². The Bertz CT molecular complexity index is 803. The van der Waals surface area contributed by atoms with Gasteiger partial charge in [-0.15, -0.1) is 0 Å². The molecule has 5 nitrogen and oxygen atoms in total. The maximum atomic E-state index is 12.1. The first-order chi connectivity index (χ1) is 11.7. The van der Waals surface area contributed by atoms with E-state index in [4.69, 9.17) is 8.92 Å². The Kier molecular flexibility index (Phi) is 5.85. The summed E-state index contributed by atoms with van der Waals surface area (Å²) in [6.07, 6.45) is 0.337.